The number of carbonyl (C=O) groups excluding carboxylic acids is 1. The van der Waals surface area contributed by atoms with E-state index in [1.165, 1.54) is 11.8 Å². The Morgan fingerprint density at radius 1 is 1.27 bits per heavy atom. The van der Waals surface area contributed by atoms with Crippen LogP contribution >= 0.6 is 0 Å². The van der Waals surface area contributed by atoms with Crippen molar-refractivity contribution in [1.82, 2.24) is 14.7 Å². The summed E-state index contributed by atoms with van der Waals surface area (Å²) in [5, 5.41) is 13.4. The number of nitrogens with zero attached hydrogens (tertiary/aromatic N) is 3. The number of hydrogen-bond acceptors (Lipinski definition) is 3. The van der Waals surface area contributed by atoms with Gasteiger partial charge in [0.2, 0.25) is 5.91 Å². The van der Waals surface area contributed by atoms with Crippen molar-refractivity contribution < 1.29 is 27.9 Å². The highest BCUT2D eigenvalue weighted by molar-refractivity contribution is 5.86. The van der Waals surface area contributed by atoms with Crippen LogP contribution in [0.25, 0.3) is 0 Å². The van der Waals surface area contributed by atoms with E-state index in [4.69, 9.17) is 0 Å². The van der Waals surface area contributed by atoms with Gasteiger partial charge in [-0.05, 0) is 38.5 Å². The minimum atomic E-state index is -4.40. The van der Waals surface area contributed by atoms with E-state index < -0.39 is 24.7 Å². The average Bonchev–Trinajstić information content (AvgIpc) is 3.14. The predicted octanol–water partition coefficient (Wildman–Crippen LogP) is 2.32. The van der Waals surface area contributed by atoms with Gasteiger partial charge in [0.15, 0.2) is 0 Å². The van der Waals surface area contributed by atoms with Crippen molar-refractivity contribution in [3.8, 4) is 0 Å². The molecule has 2 aliphatic rings. The van der Waals surface area contributed by atoms with Gasteiger partial charge in [0, 0.05) is 17.8 Å². The van der Waals surface area contributed by atoms with E-state index in [0.717, 1.165) is 23.9 Å². The molecule has 3 unspecified atom stereocenters. The number of halogens is 3. The van der Waals surface area contributed by atoms with Crippen LogP contribution in [-0.2, 0) is 22.6 Å². The van der Waals surface area contributed by atoms with Crippen LogP contribution in [0.5, 0.6) is 0 Å². The second kappa shape index (κ2) is 6.59. The van der Waals surface area contributed by atoms with Gasteiger partial charge in [0.05, 0.1) is 12.1 Å². The number of carboxylic acid groups (broad SMARTS) is 1. The third-order valence-electron chi connectivity index (χ3n) is 5.65. The second-order valence-corrected chi connectivity index (χ2v) is 7.28. The van der Waals surface area contributed by atoms with Crippen LogP contribution in [0.3, 0.4) is 0 Å². The number of likely N-dealkylation sites (tertiary alicyclic amines) is 1. The van der Waals surface area contributed by atoms with Gasteiger partial charge in [0.1, 0.15) is 12.6 Å². The largest absolute Gasteiger partial charge is 0.480 e. The van der Waals surface area contributed by atoms with Crippen LogP contribution in [-0.4, -0.2) is 50.4 Å². The zero-order valence-electron chi connectivity index (χ0n) is 14.7. The van der Waals surface area contributed by atoms with Gasteiger partial charge in [-0.3, -0.25) is 9.48 Å². The molecule has 3 rings (SSSR count). The number of carboxylic acids is 1. The average molecular weight is 373 g/mol. The molecule has 3 atom stereocenters. The third kappa shape index (κ3) is 3.43. The fourth-order valence-corrected chi connectivity index (χ4v) is 4.44. The Kier molecular flexibility index (Phi) is 4.74. The molecule has 6 nitrogen and oxygen atoms in total. The first-order valence-corrected chi connectivity index (χ1v) is 8.70. The van der Waals surface area contributed by atoms with Crippen molar-refractivity contribution in [2.24, 2.45) is 11.8 Å². The maximum absolute atomic E-state index is 12.8. The molecule has 1 amide bonds. The molecule has 1 aromatic rings. The maximum atomic E-state index is 12.8. The number of amides is 1. The Morgan fingerprint density at radius 3 is 2.58 bits per heavy atom. The summed E-state index contributed by atoms with van der Waals surface area (Å²) in [4.78, 5) is 25.8. The summed E-state index contributed by atoms with van der Waals surface area (Å²) in [7, 11) is 0. The van der Waals surface area contributed by atoms with Gasteiger partial charge in [-0.15, -0.1) is 0 Å². The predicted molar refractivity (Wildman–Crippen MR) is 85.4 cm³/mol. The van der Waals surface area contributed by atoms with Crippen molar-refractivity contribution >= 4 is 11.9 Å². The Labute approximate surface area is 149 Å². The molecule has 144 valence electrons. The lowest BCUT2D eigenvalue weighted by molar-refractivity contribution is -0.149. The lowest BCUT2D eigenvalue weighted by Crippen LogP contribution is -2.44. The normalized spacial score (nSPS) is 25.6. The highest BCUT2D eigenvalue weighted by Crippen LogP contribution is 2.42. The number of aromatic nitrogens is 2. The van der Waals surface area contributed by atoms with Gasteiger partial charge in [-0.2, -0.15) is 18.3 Å². The van der Waals surface area contributed by atoms with Crippen LogP contribution in [0.2, 0.25) is 0 Å². The van der Waals surface area contributed by atoms with Gasteiger partial charge in [-0.25, -0.2) is 4.79 Å². The van der Waals surface area contributed by atoms with Gasteiger partial charge >= 0.3 is 12.1 Å². The van der Waals surface area contributed by atoms with Crippen molar-refractivity contribution in [2.45, 2.75) is 58.3 Å². The molecule has 9 heteroatoms. The summed E-state index contributed by atoms with van der Waals surface area (Å²) in [5.74, 6) is -1.18. The standard InChI is InChI=1S/C17H22F3N3O3/c1-9-13(10(2)23(21-9)8-17(18,19)20)6-14(24)22-7-11-4-3-5-12(11)15(22)16(25)26/h11-12,15H,3-8H2,1-2H3,(H,25,26). The molecule has 1 aliphatic heterocycles. The number of rotatable bonds is 4. The van der Waals surface area contributed by atoms with Crippen molar-refractivity contribution in [3.63, 3.8) is 0 Å². The molecule has 0 spiro atoms. The van der Waals surface area contributed by atoms with E-state index in [-0.39, 0.29) is 24.2 Å². The zero-order chi connectivity index (χ0) is 19.2. The van der Waals surface area contributed by atoms with Gasteiger partial charge in [-0.1, -0.05) is 6.42 Å². The molecule has 1 saturated carbocycles. The van der Waals surface area contributed by atoms with E-state index in [1.807, 2.05) is 0 Å². The smallest absolute Gasteiger partial charge is 0.408 e. The van der Waals surface area contributed by atoms with Crippen LogP contribution in [0.15, 0.2) is 0 Å². The first-order valence-electron chi connectivity index (χ1n) is 8.70. The van der Waals surface area contributed by atoms with E-state index in [9.17, 15) is 27.9 Å². The molecule has 2 heterocycles. The molecule has 2 fully saturated rings. The lowest BCUT2D eigenvalue weighted by atomic mass is 9.94. The molecule has 0 radical (unpaired) electrons. The first-order chi connectivity index (χ1) is 12.1. The quantitative estimate of drug-likeness (QED) is 0.879. The fraction of sp³-hybridized carbons (Fsp3) is 0.706. The SMILES string of the molecule is Cc1nn(CC(F)(F)F)c(C)c1CC(=O)N1CC2CCCC2C1C(=O)O. The van der Waals surface area contributed by atoms with Crippen LogP contribution in [0.1, 0.15) is 36.2 Å². The summed E-state index contributed by atoms with van der Waals surface area (Å²) in [6, 6.07) is -0.833. The number of aliphatic carboxylic acids is 1. The minimum absolute atomic E-state index is 0.0217. The monoisotopic (exact) mass is 373 g/mol. The molecular formula is C17H22F3N3O3. The van der Waals surface area contributed by atoms with E-state index in [0.29, 0.717) is 23.5 Å². The number of hydrogen-bond donors (Lipinski definition) is 1. The van der Waals surface area contributed by atoms with Crippen LogP contribution in [0, 0.1) is 25.7 Å². The summed E-state index contributed by atoms with van der Waals surface area (Å²) in [6.45, 7) is 2.27. The van der Waals surface area contributed by atoms with Crippen molar-refractivity contribution in [2.75, 3.05) is 6.54 Å². The highest BCUT2D eigenvalue weighted by Gasteiger charge is 2.49. The summed E-state index contributed by atoms with van der Waals surface area (Å²) < 4.78 is 38.8. The van der Waals surface area contributed by atoms with Crippen molar-refractivity contribution in [3.05, 3.63) is 17.0 Å². The maximum Gasteiger partial charge on any atom is 0.408 e. The van der Waals surface area contributed by atoms with E-state index >= 15 is 0 Å². The Morgan fingerprint density at radius 2 is 1.96 bits per heavy atom. The van der Waals surface area contributed by atoms with Gasteiger partial charge in [0.25, 0.3) is 0 Å². The zero-order valence-corrected chi connectivity index (χ0v) is 14.7. The van der Waals surface area contributed by atoms with E-state index in [1.54, 1.807) is 6.92 Å². The molecule has 0 aromatic carbocycles. The topological polar surface area (TPSA) is 75.4 Å². The Balaban J connectivity index is 1.79. The molecule has 26 heavy (non-hydrogen) atoms. The Bertz CT molecular complexity index is 729. The summed E-state index contributed by atoms with van der Waals surface area (Å²) in [6.07, 6.45) is -1.83. The molecular weight excluding hydrogens is 351 g/mol. The lowest BCUT2D eigenvalue weighted by Gasteiger charge is -2.24. The molecule has 1 aromatic heterocycles. The number of fused-ring (bicyclic) bond motifs is 1. The molecule has 1 aliphatic carbocycles. The van der Waals surface area contributed by atoms with Crippen LogP contribution < -0.4 is 0 Å². The van der Waals surface area contributed by atoms with E-state index in [2.05, 4.69) is 5.10 Å². The number of carbonyl (C=O) groups is 2. The second-order valence-electron chi connectivity index (χ2n) is 7.28. The number of alkyl halides is 3. The van der Waals surface area contributed by atoms with Crippen LogP contribution in [0.4, 0.5) is 13.2 Å². The third-order valence-corrected chi connectivity index (χ3v) is 5.65. The summed E-state index contributed by atoms with van der Waals surface area (Å²) in [5.41, 5.74) is 1.10. The molecule has 1 saturated heterocycles. The fourth-order valence-electron chi connectivity index (χ4n) is 4.44. The first kappa shape index (κ1) is 18.7. The summed E-state index contributed by atoms with van der Waals surface area (Å²) >= 11 is 0. The number of aryl methyl sites for hydroxylation is 1. The highest BCUT2D eigenvalue weighted by atomic mass is 19.4. The molecule has 1 N–H and O–H groups in total. The minimum Gasteiger partial charge on any atom is -0.480 e. The van der Waals surface area contributed by atoms with Crippen molar-refractivity contribution in [1.29, 1.82) is 0 Å². The van der Waals surface area contributed by atoms with Gasteiger partial charge < -0.3 is 10.0 Å². The Hall–Kier alpha value is -2.06. The molecule has 0 bridgehead atoms.